The quantitative estimate of drug-likeness (QED) is 0.806. The fraction of sp³-hybridized carbons (Fsp3) is 0.667. The summed E-state index contributed by atoms with van der Waals surface area (Å²) in [7, 11) is 2.04. The molecule has 0 fully saturated rings. The third-order valence-electron chi connectivity index (χ3n) is 4.22. The summed E-state index contributed by atoms with van der Waals surface area (Å²) in [4.78, 5) is 0. The van der Waals surface area contributed by atoms with Gasteiger partial charge in [-0.15, -0.1) is 0 Å². The van der Waals surface area contributed by atoms with Crippen LogP contribution in [0.25, 0.3) is 0 Å². The average molecular weight is 291 g/mol. The number of nitrogens with one attached hydrogen (secondary N) is 1. The van der Waals surface area contributed by atoms with Crippen LogP contribution in [-0.2, 0) is 0 Å². The van der Waals surface area contributed by atoms with Gasteiger partial charge in [0, 0.05) is 6.04 Å². The molecule has 0 saturated heterocycles. The highest BCUT2D eigenvalue weighted by molar-refractivity contribution is 5.50. The molecule has 3 heteroatoms. The predicted octanol–water partition coefficient (Wildman–Crippen LogP) is 4.42. The zero-order valence-corrected chi connectivity index (χ0v) is 13.9. The summed E-state index contributed by atoms with van der Waals surface area (Å²) < 4.78 is 11.8. The molecule has 1 aromatic rings. The molecule has 0 heterocycles. The summed E-state index contributed by atoms with van der Waals surface area (Å²) in [6.45, 7) is 8.04. The van der Waals surface area contributed by atoms with E-state index in [1.165, 1.54) is 24.0 Å². The smallest absolute Gasteiger partial charge is 0.161 e. The Kier molecular flexibility index (Phi) is 5.92. The molecule has 2 unspecified atom stereocenters. The van der Waals surface area contributed by atoms with Crippen molar-refractivity contribution in [2.24, 2.45) is 0 Å². The van der Waals surface area contributed by atoms with Crippen LogP contribution in [0.2, 0.25) is 0 Å². The fourth-order valence-electron chi connectivity index (χ4n) is 3.00. The standard InChI is InChI=1S/C18H29NO2/c1-5-9-20-17-11-14-13(3)7-8-16(19-4)15(14)12-18(17)21-10-6-2/h11-13,16,19H,5-10H2,1-4H3. The third kappa shape index (κ3) is 3.70. The van der Waals surface area contributed by atoms with E-state index < -0.39 is 0 Å². The van der Waals surface area contributed by atoms with E-state index in [9.17, 15) is 0 Å². The lowest BCUT2D eigenvalue weighted by molar-refractivity contribution is 0.266. The molecule has 21 heavy (non-hydrogen) atoms. The summed E-state index contributed by atoms with van der Waals surface area (Å²) >= 11 is 0. The van der Waals surface area contributed by atoms with Crippen LogP contribution in [0.5, 0.6) is 11.5 Å². The van der Waals surface area contributed by atoms with Crippen molar-refractivity contribution < 1.29 is 9.47 Å². The first-order chi connectivity index (χ1) is 10.2. The van der Waals surface area contributed by atoms with E-state index in [0.717, 1.165) is 37.6 Å². The Morgan fingerprint density at radius 2 is 1.57 bits per heavy atom. The molecule has 0 bridgehead atoms. The molecule has 0 spiro atoms. The van der Waals surface area contributed by atoms with Gasteiger partial charge in [0.05, 0.1) is 13.2 Å². The summed E-state index contributed by atoms with van der Waals surface area (Å²) in [5.74, 6) is 2.40. The largest absolute Gasteiger partial charge is 0.490 e. The van der Waals surface area contributed by atoms with E-state index in [1.807, 2.05) is 7.05 Å². The van der Waals surface area contributed by atoms with Gasteiger partial charge in [-0.1, -0.05) is 20.8 Å². The van der Waals surface area contributed by atoms with Crippen LogP contribution in [0.4, 0.5) is 0 Å². The molecule has 0 aromatic heterocycles. The highest BCUT2D eigenvalue weighted by Crippen LogP contribution is 2.43. The Labute approximate surface area is 129 Å². The van der Waals surface area contributed by atoms with Crippen LogP contribution >= 0.6 is 0 Å². The van der Waals surface area contributed by atoms with Gasteiger partial charge in [0.2, 0.25) is 0 Å². The summed E-state index contributed by atoms with van der Waals surface area (Å²) in [5.41, 5.74) is 2.79. The molecule has 2 atom stereocenters. The van der Waals surface area contributed by atoms with Crippen LogP contribution in [-0.4, -0.2) is 20.3 Å². The van der Waals surface area contributed by atoms with E-state index >= 15 is 0 Å². The van der Waals surface area contributed by atoms with Crippen LogP contribution < -0.4 is 14.8 Å². The lowest BCUT2D eigenvalue weighted by Crippen LogP contribution is -2.23. The molecule has 3 nitrogen and oxygen atoms in total. The van der Waals surface area contributed by atoms with Gasteiger partial charge in [0.15, 0.2) is 11.5 Å². The molecule has 1 aliphatic carbocycles. The number of benzene rings is 1. The van der Waals surface area contributed by atoms with E-state index in [4.69, 9.17) is 9.47 Å². The minimum absolute atomic E-state index is 0.431. The Hall–Kier alpha value is -1.22. The van der Waals surface area contributed by atoms with Crippen molar-refractivity contribution in [2.75, 3.05) is 20.3 Å². The summed E-state index contributed by atoms with van der Waals surface area (Å²) in [5, 5.41) is 3.43. The zero-order valence-electron chi connectivity index (χ0n) is 13.9. The third-order valence-corrected chi connectivity index (χ3v) is 4.22. The molecule has 0 aliphatic heterocycles. The van der Waals surface area contributed by atoms with E-state index in [-0.39, 0.29) is 0 Å². The van der Waals surface area contributed by atoms with Crippen LogP contribution in [0, 0.1) is 0 Å². The Balaban J connectivity index is 2.37. The van der Waals surface area contributed by atoms with Gasteiger partial charge < -0.3 is 14.8 Å². The average Bonchev–Trinajstić information content (AvgIpc) is 2.51. The monoisotopic (exact) mass is 291 g/mol. The number of fused-ring (bicyclic) bond motifs is 1. The minimum atomic E-state index is 0.431. The Morgan fingerprint density at radius 3 is 2.10 bits per heavy atom. The lowest BCUT2D eigenvalue weighted by Gasteiger charge is -2.31. The zero-order chi connectivity index (χ0) is 15.2. The Bertz CT molecular complexity index is 459. The maximum absolute atomic E-state index is 5.92. The van der Waals surface area contributed by atoms with Crippen molar-refractivity contribution in [1.29, 1.82) is 0 Å². The molecule has 0 radical (unpaired) electrons. The van der Waals surface area contributed by atoms with Crippen LogP contribution in [0.15, 0.2) is 12.1 Å². The van der Waals surface area contributed by atoms with Gasteiger partial charge in [-0.2, -0.15) is 0 Å². The normalized spacial score (nSPS) is 21.0. The van der Waals surface area contributed by atoms with Gasteiger partial charge in [-0.3, -0.25) is 0 Å². The second kappa shape index (κ2) is 7.69. The molecule has 1 N–H and O–H groups in total. The second-order valence-corrected chi connectivity index (χ2v) is 5.94. The Morgan fingerprint density at radius 1 is 1.00 bits per heavy atom. The van der Waals surface area contributed by atoms with Crippen LogP contribution in [0.3, 0.4) is 0 Å². The number of hydrogen-bond donors (Lipinski definition) is 1. The molecule has 0 saturated carbocycles. The maximum Gasteiger partial charge on any atom is 0.161 e. The molecule has 1 aliphatic rings. The number of ether oxygens (including phenoxy) is 2. The van der Waals surface area contributed by atoms with Crippen LogP contribution in [0.1, 0.15) is 69.5 Å². The topological polar surface area (TPSA) is 30.5 Å². The van der Waals surface area contributed by atoms with Crippen molar-refractivity contribution in [3.63, 3.8) is 0 Å². The molecular formula is C18H29NO2. The SMILES string of the molecule is CCCOc1cc2c(cc1OCCC)C(NC)CCC2C. The summed E-state index contributed by atoms with van der Waals surface area (Å²) in [6.07, 6.45) is 4.43. The first-order valence-electron chi connectivity index (χ1n) is 8.31. The maximum atomic E-state index is 5.92. The van der Waals surface area contributed by atoms with Crippen molar-refractivity contribution in [2.45, 2.75) is 58.4 Å². The number of hydrogen-bond acceptors (Lipinski definition) is 3. The van der Waals surface area contributed by atoms with E-state index in [1.54, 1.807) is 0 Å². The first kappa shape index (κ1) is 16.2. The lowest BCUT2D eigenvalue weighted by atomic mass is 9.81. The molecule has 118 valence electrons. The molecule has 2 rings (SSSR count). The van der Waals surface area contributed by atoms with Crippen molar-refractivity contribution in [3.05, 3.63) is 23.3 Å². The van der Waals surface area contributed by atoms with Gasteiger partial charge in [0.1, 0.15) is 0 Å². The molecule has 1 aromatic carbocycles. The molecule has 0 amide bonds. The first-order valence-corrected chi connectivity index (χ1v) is 8.31. The van der Waals surface area contributed by atoms with E-state index in [0.29, 0.717) is 12.0 Å². The van der Waals surface area contributed by atoms with Gasteiger partial charge in [0.25, 0.3) is 0 Å². The van der Waals surface area contributed by atoms with Gasteiger partial charge in [-0.25, -0.2) is 0 Å². The fourth-order valence-corrected chi connectivity index (χ4v) is 3.00. The highest BCUT2D eigenvalue weighted by Gasteiger charge is 2.26. The van der Waals surface area contributed by atoms with Gasteiger partial charge in [-0.05, 0) is 61.9 Å². The molecular weight excluding hydrogens is 262 g/mol. The van der Waals surface area contributed by atoms with Crippen molar-refractivity contribution in [1.82, 2.24) is 5.32 Å². The highest BCUT2D eigenvalue weighted by atomic mass is 16.5. The van der Waals surface area contributed by atoms with Crippen molar-refractivity contribution >= 4 is 0 Å². The predicted molar refractivity (Wildman–Crippen MR) is 87.5 cm³/mol. The minimum Gasteiger partial charge on any atom is -0.490 e. The summed E-state index contributed by atoms with van der Waals surface area (Å²) in [6, 6.07) is 4.84. The van der Waals surface area contributed by atoms with Gasteiger partial charge >= 0.3 is 0 Å². The second-order valence-electron chi connectivity index (χ2n) is 5.94. The van der Waals surface area contributed by atoms with Crippen molar-refractivity contribution in [3.8, 4) is 11.5 Å². The van der Waals surface area contributed by atoms with E-state index in [2.05, 4.69) is 38.2 Å². The number of rotatable bonds is 7.